The Kier molecular flexibility index (Phi) is 4.02. The number of rotatable bonds is 2. The molecule has 1 heterocycles. The quantitative estimate of drug-likeness (QED) is 0.879. The van der Waals surface area contributed by atoms with Crippen LogP contribution >= 0.6 is 0 Å². The third kappa shape index (κ3) is 3.17. The first-order valence-corrected chi connectivity index (χ1v) is 8.20. The number of benzene rings is 1. The van der Waals surface area contributed by atoms with Gasteiger partial charge in [-0.25, -0.2) is 0 Å². The van der Waals surface area contributed by atoms with Gasteiger partial charge in [0.05, 0.1) is 0 Å². The second kappa shape index (κ2) is 5.77. The van der Waals surface area contributed by atoms with Crippen molar-refractivity contribution in [2.45, 2.75) is 76.4 Å². The molecular weight excluding hydrogens is 246 g/mol. The van der Waals surface area contributed by atoms with Crippen molar-refractivity contribution < 1.29 is 4.74 Å². The van der Waals surface area contributed by atoms with Gasteiger partial charge < -0.3 is 10.5 Å². The van der Waals surface area contributed by atoms with E-state index < -0.39 is 0 Å². The van der Waals surface area contributed by atoms with Gasteiger partial charge in [-0.3, -0.25) is 0 Å². The molecule has 1 unspecified atom stereocenters. The summed E-state index contributed by atoms with van der Waals surface area (Å²) in [6.07, 6.45) is 11.3. The minimum absolute atomic E-state index is 0.00216. The zero-order chi connectivity index (χ0) is 14.0. The van der Waals surface area contributed by atoms with Gasteiger partial charge >= 0.3 is 0 Å². The molecule has 1 saturated carbocycles. The standard InChI is InChI=1S/C18H27NO/c1-14-7-8-17-15(11-14)12-16(20-17)13-18(19)9-5-3-2-4-6-10-18/h7-8,11,16H,2-6,9-10,12-13,19H2,1H3. The van der Waals surface area contributed by atoms with Crippen molar-refractivity contribution in [3.05, 3.63) is 29.3 Å². The van der Waals surface area contributed by atoms with Gasteiger partial charge in [-0.05, 0) is 31.4 Å². The number of hydrogen-bond acceptors (Lipinski definition) is 2. The van der Waals surface area contributed by atoms with Crippen molar-refractivity contribution in [1.82, 2.24) is 0 Å². The summed E-state index contributed by atoms with van der Waals surface area (Å²) in [5.74, 6) is 1.08. The van der Waals surface area contributed by atoms with Crippen molar-refractivity contribution in [1.29, 1.82) is 0 Å². The Hall–Kier alpha value is -1.02. The largest absolute Gasteiger partial charge is 0.490 e. The highest BCUT2D eigenvalue weighted by Gasteiger charge is 2.33. The fourth-order valence-electron chi connectivity index (χ4n) is 3.83. The van der Waals surface area contributed by atoms with E-state index in [1.807, 2.05) is 0 Å². The highest BCUT2D eigenvalue weighted by atomic mass is 16.5. The molecule has 110 valence electrons. The minimum Gasteiger partial charge on any atom is -0.490 e. The second-order valence-corrected chi connectivity index (χ2v) is 6.89. The van der Waals surface area contributed by atoms with Crippen molar-refractivity contribution in [2.75, 3.05) is 0 Å². The molecule has 0 radical (unpaired) electrons. The molecular formula is C18H27NO. The molecule has 2 aliphatic rings. The summed E-state index contributed by atoms with van der Waals surface area (Å²) in [6, 6.07) is 6.51. The number of ether oxygens (including phenoxy) is 1. The SMILES string of the molecule is Cc1ccc2c(c1)CC(CC1(N)CCCCCCC1)O2. The minimum atomic E-state index is 0.00216. The summed E-state index contributed by atoms with van der Waals surface area (Å²) in [5.41, 5.74) is 9.38. The normalized spacial score (nSPS) is 25.4. The Morgan fingerprint density at radius 3 is 2.60 bits per heavy atom. The molecule has 2 heteroatoms. The monoisotopic (exact) mass is 273 g/mol. The van der Waals surface area contributed by atoms with Gasteiger partial charge in [0, 0.05) is 18.4 Å². The van der Waals surface area contributed by atoms with Gasteiger partial charge in [0.1, 0.15) is 11.9 Å². The lowest BCUT2D eigenvalue weighted by Gasteiger charge is -2.33. The lowest BCUT2D eigenvalue weighted by Crippen LogP contribution is -2.44. The summed E-state index contributed by atoms with van der Waals surface area (Å²) in [6.45, 7) is 2.15. The summed E-state index contributed by atoms with van der Waals surface area (Å²) in [5, 5.41) is 0. The van der Waals surface area contributed by atoms with Crippen molar-refractivity contribution >= 4 is 0 Å². The zero-order valence-electron chi connectivity index (χ0n) is 12.7. The van der Waals surface area contributed by atoms with Crippen molar-refractivity contribution in [2.24, 2.45) is 5.73 Å². The third-order valence-electron chi connectivity index (χ3n) is 4.94. The van der Waals surface area contributed by atoms with Gasteiger partial charge in [-0.1, -0.05) is 49.8 Å². The van der Waals surface area contributed by atoms with E-state index in [1.165, 1.54) is 56.1 Å². The molecule has 1 aliphatic heterocycles. The van der Waals surface area contributed by atoms with Crippen LogP contribution in [0.4, 0.5) is 0 Å². The highest BCUT2D eigenvalue weighted by molar-refractivity contribution is 5.40. The van der Waals surface area contributed by atoms with E-state index in [0.29, 0.717) is 0 Å². The van der Waals surface area contributed by atoms with E-state index in [4.69, 9.17) is 10.5 Å². The summed E-state index contributed by atoms with van der Waals surface area (Å²) in [7, 11) is 0. The number of nitrogens with two attached hydrogens (primary N) is 1. The Morgan fingerprint density at radius 1 is 1.15 bits per heavy atom. The second-order valence-electron chi connectivity index (χ2n) is 6.89. The van der Waals surface area contributed by atoms with E-state index in [0.717, 1.165) is 18.6 Å². The summed E-state index contributed by atoms with van der Waals surface area (Å²) in [4.78, 5) is 0. The molecule has 3 rings (SSSR count). The Labute approximate surface area is 122 Å². The molecule has 1 atom stereocenters. The summed E-state index contributed by atoms with van der Waals surface area (Å²) >= 11 is 0. The van der Waals surface area contributed by atoms with Gasteiger partial charge in [-0.15, -0.1) is 0 Å². The highest BCUT2D eigenvalue weighted by Crippen LogP contribution is 2.35. The van der Waals surface area contributed by atoms with Crippen LogP contribution in [0, 0.1) is 6.92 Å². The maximum absolute atomic E-state index is 6.69. The van der Waals surface area contributed by atoms with Crippen LogP contribution in [0.5, 0.6) is 5.75 Å². The topological polar surface area (TPSA) is 35.2 Å². The molecule has 2 nitrogen and oxygen atoms in total. The van der Waals surface area contributed by atoms with Crippen LogP contribution in [0.25, 0.3) is 0 Å². The fraction of sp³-hybridized carbons (Fsp3) is 0.667. The predicted octanol–water partition coefficient (Wildman–Crippen LogP) is 4.13. The number of aryl methyl sites for hydroxylation is 1. The Morgan fingerprint density at radius 2 is 1.85 bits per heavy atom. The molecule has 0 saturated heterocycles. The molecule has 0 aromatic heterocycles. The van der Waals surface area contributed by atoms with Gasteiger partial charge in [0.15, 0.2) is 0 Å². The van der Waals surface area contributed by atoms with Crippen LogP contribution in [-0.2, 0) is 6.42 Å². The van der Waals surface area contributed by atoms with E-state index in [9.17, 15) is 0 Å². The van der Waals surface area contributed by atoms with Gasteiger partial charge in [0.2, 0.25) is 0 Å². The average molecular weight is 273 g/mol. The molecule has 1 aliphatic carbocycles. The predicted molar refractivity (Wildman–Crippen MR) is 83.2 cm³/mol. The Balaban J connectivity index is 1.64. The number of fused-ring (bicyclic) bond motifs is 1. The number of hydrogen-bond donors (Lipinski definition) is 1. The van der Waals surface area contributed by atoms with Crippen molar-refractivity contribution in [3.8, 4) is 5.75 Å². The van der Waals surface area contributed by atoms with E-state index in [-0.39, 0.29) is 11.6 Å². The van der Waals surface area contributed by atoms with Crippen molar-refractivity contribution in [3.63, 3.8) is 0 Å². The molecule has 0 bridgehead atoms. The zero-order valence-corrected chi connectivity index (χ0v) is 12.7. The van der Waals surface area contributed by atoms with Gasteiger partial charge in [-0.2, -0.15) is 0 Å². The average Bonchev–Trinajstić information content (AvgIpc) is 2.75. The smallest absolute Gasteiger partial charge is 0.123 e. The third-order valence-corrected chi connectivity index (χ3v) is 4.94. The fourth-order valence-corrected chi connectivity index (χ4v) is 3.83. The van der Waals surface area contributed by atoms with Gasteiger partial charge in [0.25, 0.3) is 0 Å². The van der Waals surface area contributed by atoms with Crippen LogP contribution in [0.1, 0.15) is 62.5 Å². The molecule has 1 aromatic rings. The summed E-state index contributed by atoms with van der Waals surface area (Å²) < 4.78 is 6.12. The molecule has 0 amide bonds. The first-order chi connectivity index (χ1) is 9.65. The van der Waals surface area contributed by atoms with E-state index in [2.05, 4.69) is 25.1 Å². The first kappa shape index (κ1) is 13.9. The lowest BCUT2D eigenvalue weighted by atomic mass is 9.80. The van der Waals surface area contributed by atoms with Crippen LogP contribution in [0.15, 0.2) is 18.2 Å². The van der Waals surface area contributed by atoms with Crippen LogP contribution < -0.4 is 10.5 Å². The molecule has 20 heavy (non-hydrogen) atoms. The molecule has 2 N–H and O–H groups in total. The maximum Gasteiger partial charge on any atom is 0.123 e. The van der Waals surface area contributed by atoms with E-state index >= 15 is 0 Å². The van der Waals surface area contributed by atoms with Crippen LogP contribution in [-0.4, -0.2) is 11.6 Å². The van der Waals surface area contributed by atoms with Crippen LogP contribution in [0.3, 0.4) is 0 Å². The molecule has 1 aromatic carbocycles. The Bertz CT molecular complexity index is 460. The van der Waals surface area contributed by atoms with Crippen LogP contribution in [0.2, 0.25) is 0 Å². The first-order valence-electron chi connectivity index (χ1n) is 8.20. The van der Waals surface area contributed by atoms with E-state index in [1.54, 1.807) is 0 Å². The molecule has 0 spiro atoms. The lowest BCUT2D eigenvalue weighted by molar-refractivity contribution is 0.161. The maximum atomic E-state index is 6.69. The molecule has 1 fully saturated rings.